The molecule has 0 aromatic carbocycles. The third-order valence-corrected chi connectivity index (χ3v) is 1.50. The Balaban J connectivity index is 2.39. The molecular formula is C6H10N2O3. The van der Waals surface area contributed by atoms with E-state index in [2.05, 4.69) is 15.4 Å². The quantitative estimate of drug-likeness (QED) is 0.444. The lowest BCUT2D eigenvalue weighted by Gasteiger charge is -2.21. The van der Waals surface area contributed by atoms with Crippen molar-refractivity contribution in [3.8, 4) is 0 Å². The van der Waals surface area contributed by atoms with Gasteiger partial charge in [0.15, 0.2) is 0 Å². The molecule has 1 amide bonds. The van der Waals surface area contributed by atoms with E-state index in [0.29, 0.717) is 6.54 Å². The van der Waals surface area contributed by atoms with E-state index in [0.717, 1.165) is 0 Å². The second kappa shape index (κ2) is 3.34. The summed E-state index contributed by atoms with van der Waals surface area (Å²) in [7, 11) is 1.32. The highest BCUT2D eigenvalue weighted by molar-refractivity contribution is 5.83. The van der Waals surface area contributed by atoms with Crippen molar-refractivity contribution in [1.82, 2.24) is 10.6 Å². The van der Waals surface area contributed by atoms with Crippen LogP contribution in [0.25, 0.3) is 0 Å². The molecule has 0 aromatic rings. The molecule has 1 atom stereocenters. The van der Waals surface area contributed by atoms with Gasteiger partial charge in [-0.25, -0.2) is 0 Å². The van der Waals surface area contributed by atoms with Crippen molar-refractivity contribution in [3.63, 3.8) is 0 Å². The number of methoxy groups -OCH3 is 1. The summed E-state index contributed by atoms with van der Waals surface area (Å²) in [5, 5.41) is 5.28. The fourth-order valence-electron chi connectivity index (χ4n) is 0.875. The zero-order valence-electron chi connectivity index (χ0n) is 6.22. The maximum Gasteiger partial charge on any atom is 0.324 e. The van der Waals surface area contributed by atoms with Gasteiger partial charge in [-0.3, -0.25) is 14.9 Å². The SMILES string of the molecule is COC(=O)[C@@H]1CNC(=O)CN1. The summed E-state index contributed by atoms with van der Waals surface area (Å²) in [5.74, 6) is -0.435. The molecule has 0 spiro atoms. The molecule has 62 valence electrons. The molecule has 0 unspecified atom stereocenters. The van der Waals surface area contributed by atoms with Gasteiger partial charge < -0.3 is 10.1 Å². The summed E-state index contributed by atoms with van der Waals surface area (Å²) in [6.07, 6.45) is 0. The minimum absolute atomic E-state index is 0.0925. The van der Waals surface area contributed by atoms with Crippen LogP contribution in [0.15, 0.2) is 0 Å². The van der Waals surface area contributed by atoms with Crippen LogP contribution in [-0.4, -0.2) is 38.1 Å². The van der Waals surface area contributed by atoms with E-state index in [1.807, 2.05) is 0 Å². The molecule has 0 aliphatic carbocycles. The van der Waals surface area contributed by atoms with Crippen LogP contribution in [0.2, 0.25) is 0 Å². The molecule has 1 heterocycles. The Labute approximate surface area is 64.1 Å². The van der Waals surface area contributed by atoms with Gasteiger partial charge in [0, 0.05) is 6.54 Å². The standard InChI is InChI=1S/C6H10N2O3/c1-11-6(10)4-2-8-5(9)3-7-4/h4,7H,2-3H2,1H3,(H,8,9)/t4-/m0/s1. The Morgan fingerprint density at radius 1 is 1.73 bits per heavy atom. The van der Waals surface area contributed by atoms with Crippen LogP contribution in [0.5, 0.6) is 0 Å². The molecular weight excluding hydrogens is 148 g/mol. The van der Waals surface area contributed by atoms with Gasteiger partial charge in [-0.15, -0.1) is 0 Å². The van der Waals surface area contributed by atoms with Crippen LogP contribution in [0, 0.1) is 0 Å². The number of carbonyl (C=O) groups excluding carboxylic acids is 2. The van der Waals surface area contributed by atoms with E-state index in [-0.39, 0.29) is 18.4 Å². The van der Waals surface area contributed by atoms with E-state index >= 15 is 0 Å². The summed E-state index contributed by atoms with van der Waals surface area (Å²) >= 11 is 0. The number of amides is 1. The van der Waals surface area contributed by atoms with E-state index in [4.69, 9.17) is 0 Å². The molecule has 5 heteroatoms. The largest absolute Gasteiger partial charge is 0.468 e. The first-order chi connectivity index (χ1) is 5.24. The Morgan fingerprint density at radius 3 is 2.91 bits per heavy atom. The topological polar surface area (TPSA) is 67.4 Å². The average molecular weight is 158 g/mol. The normalized spacial score (nSPS) is 24.1. The third-order valence-electron chi connectivity index (χ3n) is 1.50. The number of carbonyl (C=O) groups is 2. The first-order valence-electron chi connectivity index (χ1n) is 3.32. The minimum Gasteiger partial charge on any atom is -0.468 e. The Kier molecular flexibility index (Phi) is 2.43. The lowest BCUT2D eigenvalue weighted by Crippen LogP contribution is -2.55. The van der Waals surface area contributed by atoms with Crippen molar-refractivity contribution < 1.29 is 14.3 Å². The number of ether oxygens (including phenoxy) is 1. The Morgan fingerprint density at radius 2 is 2.45 bits per heavy atom. The van der Waals surface area contributed by atoms with Crippen LogP contribution >= 0.6 is 0 Å². The van der Waals surface area contributed by atoms with E-state index in [9.17, 15) is 9.59 Å². The summed E-state index contributed by atoms with van der Waals surface area (Å²) in [6.45, 7) is 0.491. The van der Waals surface area contributed by atoms with Crippen molar-refractivity contribution in [2.45, 2.75) is 6.04 Å². The maximum atomic E-state index is 10.8. The molecule has 1 fully saturated rings. The smallest absolute Gasteiger partial charge is 0.324 e. The van der Waals surface area contributed by atoms with Gasteiger partial charge in [0.1, 0.15) is 6.04 Å². The number of rotatable bonds is 1. The number of nitrogens with one attached hydrogen (secondary N) is 2. The predicted molar refractivity (Wildman–Crippen MR) is 36.8 cm³/mol. The van der Waals surface area contributed by atoms with Gasteiger partial charge in [-0.1, -0.05) is 0 Å². The van der Waals surface area contributed by atoms with Gasteiger partial charge in [0.05, 0.1) is 13.7 Å². The highest BCUT2D eigenvalue weighted by Gasteiger charge is 2.23. The van der Waals surface area contributed by atoms with E-state index in [1.54, 1.807) is 0 Å². The molecule has 0 bridgehead atoms. The van der Waals surface area contributed by atoms with Crippen molar-refractivity contribution in [2.24, 2.45) is 0 Å². The second-order valence-electron chi connectivity index (χ2n) is 2.26. The molecule has 11 heavy (non-hydrogen) atoms. The predicted octanol–water partition coefficient (Wildman–Crippen LogP) is -1.75. The monoisotopic (exact) mass is 158 g/mol. The van der Waals surface area contributed by atoms with Crippen molar-refractivity contribution >= 4 is 11.9 Å². The molecule has 2 N–H and O–H groups in total. The van der Waals surface area contributed by atoms with Crippen LogP contribution in [-0.2, 0) is 14.3 Å². The first kappa shape index (κ1) is 8.00. The second-order valence-corrected chi connectivity index (χ2v) is 2.26. The van der Waals surface area contributed by atoms with Gasteiger partial charge in [0.25, 0.3) is 0 Å². The lowest BCUT2D eigenvalue weighted by atomic mass is 10.2. The molecule has 0 aromatic heterocycles. The molecule has 5 nitrogen and oxygen atoms in total. The molecule has 1 aliphatic heterocycles. The number of esters is 1. The Hall–Kier alpha value is -1.10. The van der Waals surface area contributed by atoms with Gasteiger partial charge in [-0.2, -0.15) is 0 Å². The molecule has 0 radical (unpaired) electrons. The summed E-state index contributed by atoms with van der Waals surface area (Å²) in [4.78, 5) is 21.4. The van der Waals surface area contributed by atoms with E-state index < -0.39 is 6.04 Å². The summed E-state index contributed by atoms with van der Waals surface area (Å²) in [5.41, 5.74) is 0. The number of hydrogen-bond donors (Lipinski definition) is 2. The van der Waals surface area contributed by atoms with Crippen LogP contribution in [0.3, 0.4) is 0 Å². The minimum atomic E-state index is -0.391. The fraction of sp³-hybridized carbons (Fsp3) is 0.667. The Bertz CT molecular complexity index is 171. The van der Waals surface area contributed by atoms with Gasteiger partial charge in [0.2, 0.25) is 5.91 Å². The van der Waals surface area contributed by atoms with Crippen molar-refractivity contribution in [1.29, 1.82) is 0 Å². The molecule has 1 aliphatic rings. The third kappa shape index (κ3) is 1.91. The average Bonchev–Trinajstić information content (AvgIpc) is 2.05. The summed E-state index contributed by atoms with van der Waals surface area (Å²) < 4.78 is 4.47. The van der Waals surface area contributed by atoms with Crippen molar-refractivity contribution in [2.75, 3.05) is 20.2 Å². The summed E-state index contributed by atoms with van der Waals surface area (Å²) in [6, 6.07) is -0.391. The zero-order chi connectivity index (χ0) is 8.27. The van der Waals surface area contributed by atoms with Gasteiger partial charge >= 0.3 is 5.97 Å². The fourth-order valence-corrected chi connectivity index (χ4v) is 0.875. The highest BCUT2D eigenvalue weighted by Crippen LogP contribution is 1.90. The zero-order valence-corrected chi connectivity index (χ0v) is 6.22. The van der Waals surface area contributed by atoms with E-state index in [1.165, 1.54) is 7.11 Å². The van der Waals surface area contributed by atoms with Crippen LogP contribution in [0.1, 0.15) is 0 Å². The maximum absolute atomic E-state index is 10.8. The molecule has 1 rings (SSSR count). The van der Waals surface area contributed by atoms with Crippen LogP contribution < -0.4 is 10.6 Å². The van der Waals surface area contributed by atoms with Crippen LogP contribution in [0.4, 0.5) is 0 Å². The first-order valence-corrected chi connectivity index (χ1v) is 3.32. The highest BCUT2D eigenvalue weighted by atomic mass is 16.5. The number of hydrogen-bond acceptors (Lipinski definition) is 4. The van der Waals surface area contributed by atoms with Crippen molar-refractivity contribution in [3.05, 3.63) is 0 Å². The van der Waals surface area contributed by atoms with Gasteiger partial charge in [-0.05, 0) is 0 Å². The molecule has 0 saturated carbocycles. The number of piperazine rings is 1. The molecule has 1 saturated heterocycles. The lowest BCUT2D eigenvalue weighted by molar-refractivity contribution is -0.143.